The molecule has 0 saturated heterocycles. The van der Waals surface area contributed by atoms with E-state index in [0.717, 1.165) is 0 Å². The molecule has 0 aliphatic carbocycles. The van der Waals surface area contributed by atoms with Crippen LogP contribution in [0.1, 0.15) is 11.7 Å². The standard InChI is InChI=1S/C11H15BrFNO3/c1-14-5-7(15)9-10(13)6(12)4-8(16-2)11(9)17-3/h4,7,14-15H,5H2,1-3H3. The Kier molecular flexibility index (Phi) is 5.17. The molecule has 0 aliphatic heterocycles. The van der Waals surface area contributed by atoms with Gasteiger partial charge in [0.15, 0.2) is 11.5 Å². The number of rotatable bonds is 5. The topological polar surface area (TPSA) is 50.7 Å². The molecule has 4 nitrogen and oxygen atoms in total. The van der Waals surface area contributed by atoms with Crippen LogP contribution >= 0.6 is 15.9 Å². The molecular weight excluding hydrogens is 293 g/mol. The van der Waals surface area contributed by atoms with E-state index in [0.29, 0.717) is 5.75 Å². The van der Waals surface area contributed by atoms with Gasteiger partial charge in [0.05, 0.1) is 30.4 Å². The number of nitrogens with one attached hydrogen (secondary N) is 1. The maximum atomic E-state index is 14.0. The lowest BCUT2D eigenvalue weighted by molar-refractivity contribution is 0.167. The number of methoxy groups -OCH3 is 2. The Balaban J connectivity index is 3.37. The number of hydrogen-bond acceptors (Lipinski definition) is 4. The first-order valence-electron chi connectivity index (χ1n) is 4.99. The number of halogens is 2. The Hall–Kier alpha value is -0.850. The molecule has 2 N–H and O–H groups in total. The van der Waals surface area contributed by atoms with Crippen LogP contribution in [0.15, 0.2) is 10.5 Å². The van der Waals surface area contributed by atoms with Gasteiger partial charge in [-0.1, -0.05) is 0 Å². The van der Waals surface area contributed by atoms with Crippen LogP contribution in [0.3, 0.4) is 0 Å². The summed E-state index contributed by atoms with van der Waals surface area (Å²) in [5.41, 5.74) is 0.0769. The van der Waals surface area contributed by atoms with Crippen LogP contribution in [0.2, 0.25) is 0 Å². The average molecular weight is 308 g/mol. The van der Waals surface area contributed by atoms with Crippen molar-refractivity contribution in [3.63, 3.8) is 0 Å². The van der Waals surface area contributed by atoms with Crippen molar-refractivity contribution in [1.82, 2.24) is 5.32 Å². The van der Waals surface area contributed by atoms with Gasteiger partial charge in [0.25, 0.3) is 0 Å². The van der Waals surface area contributed by atoms with Crippen LogP contribution in [0.5, 0.6) is 11.5 Å². The number of aliphatic hydroxyl groups is 1. The van der Waals surface area contributed by atoms with Crippen molar-refractivity contribution in [2.45, 2.75) is 6.10 Å². The first-order valence-corrected chi connectivity index (χ1v) is 5.78. The van der Waals surface area contributed by atoms with Crippen LogP contribution < -0.4 is 14.8 Å². The zero-order valence-corrected chi connectivity index (χ0v) is 11.5. The number of hydrogen-bond donors (Lipinski definition) is 2. The van der Waals surface area contributed by atoms with E-state index in [2.05, 4.69) is 21.2 Å². The van der Waals surface area contributed by atoms with Gasteiger partial charge in [-0.05, 0) is 23.0 Å². The van der Waals surface area contributed by atoms with Crippen molar-refractivity contribution in [1.29, 1.82) is 0 Å². The lowest BCUT2D eigenvalue weighted by Crippen LogP contribution is -2.19. The number of benzene rings is 1. The maximum absolute atomic E-state index is 14.0. The molecule has 1 unspecified atom stereocenters. The van der Waals surface area contributed by atoms with Crippen molar-refractivity contribution in [3.8, 4) is 11.5 Å². The third-order valence-electron chi connectivity index (χ3n) is 2.33. The third kappa shape index (κ3) is 2.88. The number of likely N-dealkylation sites (N-methyl/N-ethyl adjacent to an activating group) is 1. The second-order valence-electron chi connectivity index (χ2n) is 3.40. The summed E-state index contributed by atoms with van der Waals surface area (Å²) in [6.07, 6.45) is -1.01. The molecule has 0 bridgehead atoms. The predicted molar refractivity (Wildman–Crippen MR) is 66.1 cm³/mol. The summed E-state index contributed by atoms with van der Waals surface area (Å²) in [5, 5.41) is 12.7. The quantitative estimate of drug-likeness (QED) is 0.872. The monoisotopic (exact) mass is 307 g/mol. The Labute approximate surface area is 108 Å². The third-order valence-corrected chi connectivity index (χ3v) is 2.90. The molecule has 0 aliphatic rings. The van der Waals surface area contributed by atoms with Gasteiger partial charge in [-0.25, -0.2) is 4.39 Å². The Morgan fingerprint density at radius 1 is 1.47 bits per heavy atom. The highest BCUT2D eigenvalue weighted by Crippen LogP contribution is 2.40. The van der Waals surface area contributed by atoms with Crippen LogP contribution in [0.4, 0.5) is 4.39 Å². The highest BCUT2D eigenvalue weighted by atomic mass is 79.9. The van der Waals surface area contributed by atoms with E-state index in [1.807, 2.05) is 0 Å². The lowest BCUT2D eigenvalue weighted by Gasteiger charge is -2.18. The first kappa shape index (κ1) is 14.2. The molecule has 0 fully saturated rings. The first-order chi connectivity index (χ1) is 8.06. The average Bonchev–Trinajstić information content (AvgIpc) is 2.31. The largest absolute Gasteiger partial charge is 0.493 e. The van der Waals surface area contributed by atoms with Gasteiger partial charge in [-0.3, -0.25) is 0 Å². The Bertz CT molecular complexity index is 401. The van der Waals surface area contributed by atoms with E-state index in [-0.39, 0.29) is 22.3 Å². The van der Waals surface area contributed by atoms with Crippen LogP contribution in [0, 0.1) is 5.82 Å². The molecule has 17 heavy (non-hydrogen) atoms. The van der Waals surface area contributed by atoms with Crippen LogP contribution in [-0.4, -0.2) is 32.9 Å². The van der Waals surface area contributed by atoms with Gasteiger partial charge in [0.1, 0.15) is 5.82 Å². The van der Waals surface area contributed by atoms with E-state index < -0.39 is 11.9 Å². The minimum atomic E-state index is -1.01. The molecule has 0 saturated carbocycles. The molecule has 1 rings (SSSR count). The number of aliphatic hydroxyl groups excluding tert-OH is 1. The van der Waals surface area contributed by atoms with Crippen molar-refractivity contribution < 1.29 is 19.0 Å². The summed E-state index contributed by atoms with van der Waals surface area (Å²) < 4.78 is 24.4. The van der Waals surface area contributed by atoms with E-state index in [1.54, 1.807) is 7.05 Å². The molecule has 0 spiro atoms. The van der Waals surface area contributed by atoms with E-state index in [1.165, 1.54) is 20.3 Å². The summed E-state index contributed by atoms with van der Waals surface area (Å²) in [5.74, 6) is 0.0206. The van der Waals surface area contributed by atoms with Gasteiger partial charge < -0.3 is 19.9 Å². The normalized spacial score (nSPS) is 12.4. The predicted octanol–water partition coefficient (Wildman–Crippen LogP) is 1.86. The second kappa shape index (κ2) is 6.18. The van der Waals surface area contributed by atoms with Gasteiger partial charge in [0.2, 0.25) is 0 Å². The fourth-order valence-electron chi connectivity index (χ4n) is 1.56. The van der Waals surface area contributed by atoms with Crippen LogP contribution in [0.25, 0.3) is 0 Å². The van der Waals surface area contributed by atoms with Gasteiger partial charge >= 0.3 is 0 Å². The van der Waals surface area contributed by atoms with Gasteiger partial charge in [0, 0.05) is 12.6 Å². The Morgan fingerprint density at radius 3 is 2.59 bits per heavy atom. The smallest absolute Gasteiger partial charge is 0.169 e. The zero-order chi connectivity index (χ0) is 13.0. The molecule has 0 heterocycles. The zero-order valence-electron chi connectivity index (χ0n) is 9.88. The summed E-state index contributed by atoms with van der Waals surface area (Å²) in [4.78, 5) is 0. The maximum Gasteiger partial charge on any atom is 0.169 e. The van der Waals surface area contributed by atoms with Crippen molar-refractivity contribution in [3.05, 3.63) is 21.9 Å². The van der Waals surface area contributed by atoms with Crippen molar-refractivity contribution >= 4 is 15.9 Å². The van der Waals surface area contributed by atoms with Gasteiger partial charge in [-0.15, -0.1) is 0 Å². The fraction of sp³-hybridized carbons (Fsp3) is 0.455. The van der Waals surface area contributed by atoms with E-state index in [4.69, 9.17) is 9.47 Å². The van der Waals surface area contributed by atoms with Crippen molar-refractivity contribution in [2.24, 2.45) is 0 Å². The lowest BCUT2D eigenvalue weighted by atomic mass is 10.1. The summed E-state index contributed by atoms with van der Waals surface area (Å²) >= 11 is 3.08. The molecule has 0 amide bonds. The minimum absolute atomic E-state index is 0.0769. The summed E-state index contributed by atoms with van der Waals surface area (Å²) in [7, 11) is 4.53. The van der Waals surface area contributed by atoms with E-state index in [9.17, 15) is 9.50 Å². The fourth-order valence-corrected chi connectivity index (χ4v) is 1.98. The second-order valence-corrected chi connectivity index (χ2v) is 4.25. The molecule has 6 heteroatoms. The molecular formula is C11H15BrFNO3. The van der Waals surface area contributed by atoms with E-state index >= 15 is 0 Å². The molecule has 1 aromatic rings. The molecule has 96 valence electrons. The summed E-state index contributed by atoms with van der Waals surface area (Å²) in [6, 6.07) is 1.46. The highest BCUT2D eigenvalue weighted by molar-refractivity contribution is 9.10. The Morgan fingerprint density at radius 2 is 2.12 bits per heavy atom. The molecule has 0 radical (unpaired) electrons. The number of ether oxygens (including phenoxy) is 2. The molecule has 1 atom stereocenters. The SMILES string of the molecule is CNCC(O)c1c(F)c(Br)cc(OC)c1OC. The molecule has 0 aromatic heterocycles. The summed E-state index contributed by atoms with van der Waals surface area (Å²) in [6.45, 7) is 0.215. The highest BCUT2D eigenvalue weighted by Gasteiger charge is 2.24. The minimum Gasteiger partial charge on any atom is -0.493 e. The van der Waals surface area contributed by atoms with Gasteiger partial charge in [-0.2, -0.15) is 0 Å². The van der Waals surface area contributed by atoms with Crippen molar-refractivity contribution in [2.75, 3.05) is 27.8 Å². The molecule has 1 aromatic carbocycles. The van der Waals surface area contributed by atoms with Crippen LogP contribution in [-0.2, 0) is 0 Å².